The first-order valence-electron chi connectivity index (χ1n) is 26.5. The van der Waals surface area contributed by atoms with Crippen molar-refractivity contribution in [3.05, 3.63) is 147 Å². The Labute approximate surface area is 533 Å². The molecule has 88 heavy (non-hydrogen) atoms. The molecule has 4 aromatic heterocycles. The highest BCUT2D eigenvalue weighted by Gasteiger charge is 2.38. The summed E-state index contributed by atoms with van der Waals surface area (Å²) in [5.41, 5.74) is 6.19. The van der Waals surface area contributed by atoms with Crippen LogP contribution >= 0.6 is 43.5 Å². The number of piperidine rings is 2. The van der Waals surface area contributed by atoms with Gasteiger partial charge in [-0.3, -0.25) is 0 Å². The topological polar surface area (TPSA) is 227 Å². The zero-order valence-corrected chi connectivity index (χ0v) is 53.1. The SMILES string of the molecule is C.CC(C)(C)OC(=O)N1CCC[C@H](N)C1.CC(C)(C)OC(=O)N1CCC[C@H](Nc2ncc(C(F)(F)F)c(-c3cn(-c4ccccc4)c4cc(Br)ccc34)n2)C1.FC(F)(F)c1cnc(Cl)nc1-c1cn(-c2ccccc2)c2cc(Br)ccc12.O=S=O.O=S=O. The van der Waals surface area contributed by atoms with Crippen molar-refractivity contribution in [1.29, 1.82) is 0 Å². The number of alkyl halides is 6. The van der Waals surface area contributed by atoms with Gasteiger partial charge in [0.25, 0.3) is 0 Å². The zero-order chi connectivity index (χ0) is 64.0. The van der Waals surface area contributed by atoms with Crippen molar-refractivity contribution in [3.63, 3.8) is 0 Å². The number of halogens is 9. The number of nitrogens with two attached hydrogens (primary N) is 1. The number of para-hydroxylation sites is 2. The maximum absolute atomic E-state index is 14.2. The van der Waals surface area contributed by atoms with E-state index in [4.69, 9.17) is 43.6 Å². The third kappa shape index (κ3) is 19.9. The van der Waals surface area contributed by atoms with E-state index in [0.717, 1.165) is 63.1 Å². The lowest BCUT2D eigenvalue weighted by molar-refractivity contribution is -0.138. The second-order valence-corrected chi connectivity index (χ2v) is 24.0. The number of benzene rings is 4. The molecule has 10 rings (SSSR count). The molecule has 0 aliphatic carbocycles. The third-order valence-electron chi connectivity index (χ3n) is 12.8. The molecule has 2 atom stereocenters. The molecule has 2 saturated heterocycles. The van der Waals surface area contributed by atoms with E-state index in [-0.39, 0.29) is 48.2 Å². The second kappa shape index (κ2) is 31.4. The maximum Gasteiger partial charge on any atom is 0.419 e. The molecule has 0 radical (unpaired) electrons. The lowest BCUT2D eigenvalue weighted by Crippen LogP contribution is -2.47. The van der Waals surface area contributed by atoms with Gasteiger partial charge in [0.2, 0.25) is 11.2 Å². The van der Waals surface area contributed by atoms with Gasteiger partial charge in [-0.2, -0.15) is 43.2 Å². The Bertz CT molecular complexity index is 3740. The number of aromatic nitrogens is 6. The molecule has 2 aliphatic heterocycles. The molecule has 6 heterocycles. The van der Waals surface area contributed by atoms with Crippen molar-refractivity contribution < 1.29 is 62.2 Å². The normalized spacial score (nSPS) is 15.0. The van der Waals surface area contributed by atoms with Crippen LogP contribution in [0.2, 0.25) is 5.28 Å². The zero-order valence-electron chi connectivity index (χ0n) is 47.5. The Balaban J connectivity index is 0.000000252. The predicted molar refractivity (Wildman–Crippen MR) is 333 cm³/mol. The van der Waals surface area contributed by atoms with Gasteiger partial charge in [0.15, 0.2) is 0 Å². The summed E-state index contributed by atoms with van der Waals surface area (Å²) in [6, 6.07) is 29.4. The van der Waals surface area contributed by atoms with E-state index < -0.39 is 63.9 Å². The van der Waals surface area contributed by atoms with Gasteiger partial charge in [0.05, 0.1) is 22.4 Å². The van der Waals surface area contributed by atoms with Gasteiger partial charge in [-0.25, -0.2) is 29.5 Å². The molecule has 2 fully saturated rings. The van der Waals surface area contributed by atoms with Gasteiger partial charge in [-0.1, -0.05) is 87.8 Å². The van der Waals surface area contributed by atoms with Crippen molar-refractivity contribution in [3.8, 4) is 33.9 Å². The number of anilines is 1. The molecule has 29 heteroatoms. The van der Waals surface area contributed by atoms with E-state index in [0.29, 0.717) is 54.4 Å². The predicted octanol–water partition coefficient (Wildman–Crippen LogP) is 14.8. The fourth-order valence-corrected chi connectivity index (χ4v) is 10.1. The molecule has 2 aliphatic rings. The molecule has 4 aromatic carbocycles. The number of likely N-dealkylation sites (tertiary alicyclic amines) is 2. The smallest absolute Gasteiger partial charge is 0.419 e. The largest absolute Gasteiger partial charge is 0.444 e. The van der Waals surface area contributed by atoms with Crippen LogP contribution in [0.5, 0.6) is 0 Å². The highest BCUT2D eigenvalue weighted by molar-refractivity contribution is 9.10. The number of hydrogen-bond donors (Lipinski definition) is 2. The van der Waals surface area contributed by atoms with Gasteiger partial charge in [-0.05, 0) is 127 Å². The number of carbonyl (C=O) groups is 2. The minimum atomic E-state index is -4.66. The number of nitrogens with one attached hydrogen (secondary N) is 1. The lowest BCUT2D eigenvalue weighted by atomic mass is 10.1. The van der Waals surface area contributed by atoms with Crippen molar-refractivity contribution in [1.82, 2.24) is 38.9 Å². The molecule has 0 saturated carbocycles. The van der Waals surface area contributed by atoms with Gasteiger partial charge < -0.3 is 39.5 Å². The fourth-order valence-electron chi connectivity index (χ4n) is 9.29. The molecule has 0 bridgehead atoms. The minimum absolute atomic E-state index is 0. The van der Waals surface area contributed by atoms with E-state index >= 15 is 0 Å². The van der Waals surface area contributed by atoms with Crippen LogP contribution in [0.3, 0.4) is 0 Å². The number of carbonyl (C=O) groups excluding carboxylic acids is 2. The Morgan fingerprint density at radius 2 is 1.03 bits per heavy atom. The molecule has 3 N–H and O–H groups in total. The van der Waals surface area contributed by atoms with Crippen molar-refractivity contribution in [2.75, 3.05) is 31.5 Å². The summed E-state index contributed by atoms with van der Waals surface area (Å²) in [6.07, 6.45) is -1.68. The van der Waals surface area contributed by atoms with Crippen molar-refractivity contribution in [2.45, 2.75) is 110 Å². The number of rotatable bonds is 6. The van der Waals surface area contributed by atoms with Crippen molar-refractivity contribution >= 4 is 107 Å². The summed E-state index contributed by atoms with van der Waals surface area (Å²) in [4.78, 5) is 43.3. The van der Waals surface area contributed by atoms with Crippen LogP contribution in [0.4, 0.5) is 41.9 Å². The molecular weight excluding hydrogens is 1350 g/mol. The molecule has 8 aromatic rings. The summed E-state index contributed by atoms with van der Waals surface area (Å²) >= 11 is 11.2. The Kier molecular flexibility index (Phi) is 25.5. The third-order valence-corrected chi connectivity index (χ3v) is 14.0. The van der Waals surface area contributed by atoms with Gasteiger partial charge in [-0.15, -0.1) is 0 Å². The van der Waals surface area contributed by atoms with E-state index in [9.17, 15) is 35.9 Å². The summed E-state index contributed by atoms with van der Waals surface area (Å²) in [5, 5.41) is 4.17. The standard InChI is InChI=1S/C29H29BrF3N5O2.C19H10BrClF3N3.C10H20N2O2.CH4.2O2S/c1-28(2,3)40-27(39)37-13-7-8-19(16-37)35-26-34-15-23(29(31,32)33)25(36-26)22-17-38(20-9-5-4-6-10-20)24-14-18(30)11-12-21(22)24;20-11-6-7-13-14(17-15(19(22,23)24)9-25-18(21)26-17)10-27(16(13)8-11)12-4-2-1-3-5-12;1-10(2,3)14-9(13)12-6-4-5-8(11)7-12;;2*1-3-2/h4-6,9-12,14-15,17,19H,7-8,13,16H2,1-3H3,(H,34,35,36);1-10H;8H,4-7,11H2,1-3H3;1H4;;/t19-;;8-;;;/m0.0.../s1. The van der Waals surface area contributed by atoms with Crippen LogP contribution in [0.15, 0.2) is 131 Å². The summed E-state index contributed by atoms with van der Waals surface area (Å²) in [6.45, 7) is 13.3. The van der Waals surface area contributed by atoms with Crippen LogP contribution in [-0.2, 0) is 45.0 Å². The molecule has 2 amide bonds. The molecule has 18 nitrogen and oxygen atoms in total. The number of hydrogen-bond acceptors (Lipinski definition) is 14. The van der Waals surface area contributed by atoms with E-state index in [1.54, 1.807) is 67.2 Å². The van der Waals surface area contributed by atoms with Crippen LogP contribution in [-0.4, -0.2) is 117 Å². The minimum Gasteiger partial charge on any atom is -0.444 e. The average Bonchev–Trinajstić information content (AvgIpc) is 1.62. The highest BCUT2D eigenvalue weighted by Crippen LogP contribution is 2.43. The van der Waals surface area contributed by atoms with Gasteiger partial charge >= 0.3 is 47.7 Å². The van der Waals surface area contributed by atoms with Crippen LogP contribution in [0.1, 0.15) is 85.8 Å². The first-order chi connectivity index (χ1) is 40.9. The molecule has 472 valence electrons. The average molecular weight is 1410 g/mol. The molecule has 0 spiro atoms. The fraction of sp³-hybridized carbons (Fsp3) is 0.356. The maximum atomic E-state index is 14.2. The Morgan fingerprint density at radius 1 is 0.625 bits per heavy atom. The molecular formula is C59H63Br2ClF6N10O8S2. The summed E-state index contributed by atoms with van der Waals surface area (Å²) in [7, 11) is 0. The number of amides is 2. The Morgan fingerprint density at radius 3 is 1.45 bits per heavy atom. The number of ether oxygens (including phenoxy) is 2. The monoisotopic (exact) mass is 1410 g/mol. The highest BCUT2D eigenvalue weighted by atomic mass is 79.9. The first kappa shape index (κ1) is 71.6. The van der Waals surface area contributed by atoms with Crippen LogP contribution in [0.25, 0.3) is 55.7 Å². The van der Waals surface area contributed by atoms with Gasteiger partial charge in [0, 0.05) is 105 Å². The summed E-state index contributed by atoms with van der Waals surface area (Å²) in [5.74, 6) is 0.0664. The van der Waals surface area contributed by atoms with E-state index in [1.807, 2.05) is 103 Å². The first-order valence-corrected chi connectivity index (χ1v) is 29.8. The van der Waals surface area contributed by atoms with Crippen molar-refractivity contribution in [2.24, 2.45) is 5.73 Å². The number of nitrogens with zero attached hydrogens (tertiary/aromatic N) is 8. The van der Waals surface area contributed by atoms with Crippen LogP contribution < -0.4 is 11.1 Å². The lowest BCUT2D eigenvalue weighted by Gasteiger charge is -2.34. The van der Waals surface area contributed by atoms with E-state index in [2.05, 4.69) is 57.1 Å². The quantitative estimate of drug-likeness (QED) is 0.117. The number of fused-ring (bicyclic) bond motifs is 2. The van der Waals surface area contributed by atoms with E-state index in [1.165, 1.54) is 0 Å². The Hall–Kier alpha value is -7.11. The second-order valence-electron chi connectivity index (χ2n) is 21.5. The van der Waals surface area contributed by atoms with Crippen LogP contribution in [0, 0.1) is 0 Å². The molecule has 0 unspecified atom stereocenters. The van der Waals surface area contributed by atoms with Gasteiger partial charge in [0.1, 0.15) is 22.3 Å². The summed E-state index contributed by atoms with van der Waals surface area (Å²) < 4.78 is 132.